The minimum Gasteiger partial charge on any atom is -0.254 e. The molecule has 0 fully saturated rings. The summed E-state index contributed by atoms with van der Waals surface area (Å²) >= 11 is 0. The van der Waals surface area contributed by atoms with E-state index in [2.05, 4.69) is 24.0 Å². The third kappa shape index (κ3) is 15.7. The van der Waals surface area contributed by atoms with Crippen molar-refractivity contribution >= 4 is 24.8 Å². The van der Waals surface area contributed by atoms with Gasteiger partial charge in [0.15, 0.2) is 0 Å². The summed E-state index contributed by atoms with van der Waals surface area (Å²) in [5.41, 5.74) is 5.79. The fraction of sp³-hybridized carbons (Fsp3) is 0.333. The summed E-state index contributed by atoms with van der Waals surface area (Å²) in [4.78, 5) is 0. The van der Waals surface area contributed by atoms with Crippen LogP contribution in [0.5, 0.6) is 0 Å². The lowest BCUT2D eigenvalue weighted by Gasteiger charge is -1.97. The zero-order chi connectivity index (χ0) is 6.24. The first-order chi connectivity index (χ1) is 3.91. The smallest absolute Gasteiger partial charge is 0.0278 e. The molecule has 0 heterocycles. The molecule has 10 heavy (non-hydrogen) atoms. The minimum atomic E-state index is 0. The van der Waals surface area contributed by atoms with Crippen LogP contribution in [0.2, 0.25) is 0 Å². The molecule has 0 saturated heterocycles. The van der Waals surface area contributed by atoms with E-state index in [4.69, 9.17) is 0 Å². The van der Waals surface area contributed by atoms with Crippen LogP contribution in [0.3, 0.4) is 0 Å². The maximum atomic E-state index is 3.53. The number of nitrogens with one attached hydrogen (secondary N) is 2. The fourth-order valence-electron chi connectivity index (χ4n) is 0.289. The molecule has 0 rings (SSSR count). The van der Waals surface area contributed by atoms with E-state index in [1.807, 2.05) is 0 Å². The fourth-order valence-corrected chi connectivity index (χ4v) is 0.289. The Morgan fingerprint density at radius 1 is 0.900 bits per heavy atom. The van der Waals surface area contributed by atoms with E-state index in [1.54, 1.807) is 12.2 Å². The van der Waals surface area contributed by atoms with Crippen molar-refractivity contribution in [3.63, 3.8) is 0 Å². The van der Waals surface area contributed by atoms with Crippen molar-refractivity contribution in [2.24, 2.45) is 0 Å². The molecule has 0 aromatic carbocycles. The molecule has 0 aliphatic heterocycles. The quantitative estimate of drug-likeness (QED) is 0.383. The van der Waals surface area contributed by atoms with Gasteiger partial charge in [-0.15, -0.1) is 38.0 Å². The Balaban J connectivity index is -0.000000245. The summed E-state index contributed by atoms with van der Waals surface area (Å²) in [6, 6.07) is 0. The molecule has 0 bridgehead atoms. The van der Waals surface area contributed by atoms with Crippen molar-refractivity contribution in [2.75, 3.05) is 13.1 Å². The molecule has 0 radical (unpaired) electrons. The van der Waals surface area contributed by atoms with E-state index in [0.717, 1.165) is 13.1 Å². The van der Waals surface area contributed by atoms with Crippen molar-refractivity contribution in [3.05, 3.63) is 25.3 Å². The molecule has 4 heteroatoms. The highest BCUT2D eigenvalue weighted by Gasteiger charge is 1.72. The second kappa shape index (κ2) is 16.0. The molecule has 0 unspecified atom stereocenters. The summed E-state index contributed by atoms with van der Waals surface area (Å²) in [6.07, 6.45) is 3.58. The van der Waals surface area contributed by atoms with Crippen molar-refractivity contribution in [1.82, 2.24) is 10.9 Å². The van der Waals surface area contributed by atoms with Crippen LogP contribution in [0, 0.1) is 0 Å². The Morgan fingerprint density at radius 2 is 1.20 bits per heavy atom. The predicted octanol–water partition coefficient (Wildman–Crippen LogP) is 1.30. The summed E-state index contributed by atoms with van der Waals surface area (Å²) in [7, 11) is 0. The number of rotatable bonds is 5. The minimum absolute atomic E-state index is 0. The summed E-state index contributed by atoms with van der Waals surface area (Å²) in [5, 5.41) is 0. The Morgan fingerprint density at radius 3 is 1.40 bits per heavy atom. The molecule has 62 valence electrons. The lowest BCUT2D eigenvalue weighted by molar-refractivity contribution is 0.611. The maximum absolute atomic E-state index is 3.53. The van der Waals surface area contributed by atoms with Crippen molar-refractivity contribution in [1.29, 1.82) is 0 Å². The highest BCUT2D eigenvalue weighted by molar-refractivity contribution is 5.85. The van der Waals surface area contributed by atoms with E-state index >= 15 is 0 Å². The summed E-state index contributed by atoms with van der Waals surface area (Å²) in [5.74, 6) is 0. The molecule has 2 nitrogen and oxygen atoms in total. The molecule has 2 N–H and O–H groups in total. The van der Waals surface area contributed by atoms with Gasteiger partial charge in [0.1, 0.15) is 0 Å². The molecule has 0 spiro atoms. The van der Waals surface area contributed by atoms with Crippen LogP contribution in [0.15, 0.2) is 25.3 Å². The van der Waals surface area contributed by atoms with E-state index in [1.165, 1.54) is 0 Å². The normalized spacial score (nSPS) is 6.80. The highest BCUT2D eigenvalue weighted by Crippen LogP contribution is 1.56. The summed E-state index contributed by atoms with van der Waals surface area (Å²) in [6.45, 7) is 8.63. The largest absolute Gasteiger partial charge is 0.254 e. The van der Waals surface area contributed by atoms with Gasteiger partial charge in [-0.1, -0.05) is 12.2 Å². The van der Waals surface area contributed by atoms with Gasteiger partial charge in [-0.25, -0.2) is 0 Å². The number of halogens is 2. The average molecular weight is 185 g/mol. The molecule has 0 atom stereocenters. The first-order valence-corrected chi connectivity index (χ1v) is 2.59. The Kier molecular flexibility index (Phi) is 26.4. The molecular weight excluding hydrogens is 171 g/mol. The van der Waals surface area contributed by atoms with Gasteiger partial charge in [-0.3, -0.25) is 10.9 Å². The number of hydrogen-bond donors (Lipinski definition) is 2. The van der Waals surface area contributed by atoms with Gasteiger partial charge in [-0.05, 0) is 0 Å². The molecule has 0 aliphatic rings. The van der Waals surface area contributed by atoms with Gasteiger partial charge in [0, 0.05) is 13.1 Å². The lowest BCUT2D eigenvalue weighted by Crippen LogP contribution is -2.31. The molecule has 0 aromatic heterocycles. The van der Waals surface area contributed by atoms with Crippen LogP contribution < -0.4 is 10.9 Å². The number of hydrogen-bond acceptors (Lipinski definition) is 2. The maximum Gasteiger partial charge on any atom is 0.0278 e. The average Bonchev–Trinajstić information content (AvgIpc) is 1.81. The van der Waals surface area contributed by atoms with Gasteiger partial charge in [-0.2, -0.15) is 0 Å². The van der Waals surface area contributed by atoms with Gasteiger partial charge < -0.3 is 0 Å². The van der Waals surface area contributed by atoms with Crippen molar-refractivity contribution in [2.45, 2.75) is 0 Å². The Bertz CT molecular complexity index is 66.1. The molecular formula is C6H14Cl2N2. The standard InChI is InChI=1S/C6H12N2.2ClH/c1-3-5-7-8-6-4-2;;/h3-4,7-8H,1-2,5-6H2;2*1H. The van der Waals surface area contributed by atoms with Crippen LogP contribution in [0.25, 0.3) is 0 Å². The van der Waals surface area contributed by atoms with Crippen LogP contribution in [-0.4, -0.2) is 13.1 Å². The lowest BCUT2D eigenvalue weighted by atomic mass is 10.6. The predicted molar refractivity (Wildman–Crippen MR) is 50.9 cm³/mol. The number of hydrazine groups is 1. The van der Waals surface area contributed by atoms with Gasteiger partial charge in [0.25, 0.3) is 0 Å². The first-order valence-electron chi connectivity index (χ1n) is 2.59. The molecule has 0 amide bonds. The molecule has 0 saturated carbocycles. The molecule has 0 aromatic rings. The van der Waals surface area contributed by atoms with E-state index in [0.29, 0.717) is 0 Å². The van der Waals surface area contributed by atoms with Gasteiger partial charge in [0.05, 0.1) is 0 Å². The van der Waals surface area contributed by atoms with E-state index in [9.17, 15) is 0 Å². The second-order valence-corrected chi connectivity index (χ2v) is 1.34. The second-order valence-electron chi connectivity index (χ2n) is 1.34. The van der Waals surface area contributed by atoms with Crippen LogP contribution in [0.4, 0.5) is 0 Å². The van der Waals surface area contributed by atoms with Crippen molar-refractivity contribution < 1.29 is 0 Å². The highest BCUT2D eigenvalue weighted by atomic mass is 35.5. The van der Waals surface area contributed by atoms with Crippen LogP contribution >= 0.6 is 24.8 Å². The van der Waals surface area contributed by atoms with E-state index in [-0.39, 0.29) is 24.8 Å². The SMILES string of the molecule is C=CCNNCC=C.Cl.Cl. The third-order valence-electron chi connectivity index (χ3n) is 0.618. The monoisotopic (exact) mass is 184 g/mol. The Labute approximate surface area is 74.6 Å². The van der Waals surface area contributed by atoms with Crippen LogP contribution in [0.1, 0.15) is 0 Å². The first kappa shape index (κ1) is 16.5. The van der Waals surface area contributed by atoms with Crippen LogP contribution in [-0.2, 0) is 0 Å². The topological polar surface area (TPSA) is 24.1 Å². The van der Waals surface area contributed by atoms with Crippen molar-refractivity contribution in [3.8, 4) is 0 Å². The summed E-state index contributed by atoms with van der Waals surface area (Å²) < 4.78 is 0. The van der Waals surface area contributed by atoms with Gasteiger partial charge in [0.2, 0.25) is 0 Å². The zero-order valence-electron chi connectivity index (χ0n) is 5.80. The van der Waals surface area contributed by atoms with Gasteiger partial charge >= 0.3 is 0 Å². The Hall–Kier alpha value is -0.0200. The van der Waals surface area contributed by atoms with E-state index < -0.39 is 0 Å². The zero-order valence-corrected chi connectivity index (χ0v) is 7.43. The third-order valence-corrected chi connectivity index (χ3v) is 0.618. The molecule has 0 aliphatic carbocycles.